The Hall–Kier alpha value is -3.87. The molecule has 3 heterocycles. The van der Waals surface area contributed by atoms with Gasteiger partial charge in [0.15, 0.2) is 5.82 Å². The molecule has 5 aromatic rings. The highest BCUT2D eigenvalue weighted by Gasteiger charge is 2.15. The molecule has 3 N–H and O–H groups in total. The van der Waals surface area contributed by atoms with Gasteiger partial charge in [-0.15, -0.1) is 0 Å². The highest BCUT2D eigenvalue weighted by molar-refractivity contribution is 6.30. The van der Waals surface area contributed by atoms with Gasteiger partial charge in [-0.2, -0.15) is 0 Å². The van der Waals surface area contributed by atoms with Crippen molar-refractivity contribution < 1.29 is 0 Å². The average molecular weight is 467 g/mol. The van der Waals surface area contributed by atoms with E-state index >= 15 is 0 Å². The summed E-state index contributed by atoms with van der Waals surface area (Å²) < 4.78 is 0. The van der Waals surface area contributed by atoms with Crippen LogP contribution < -0.4 is 11.1 Å². The van der Waals surface area contributed by atoms with E-state index in [0.717, 1.165) is 34.1 Å². The van der Waals surface area contributed by atoms with Crippen LogP contribution >= 0.6 is 11.6 Å². The Morgan fingerprint density at radius 1 is 0.853 bits per heavy atom. The molecule has 0 saturated carbocycles. The van der Waals surface area contributed by atoms with Crippen molar-refractivity contribution in [2.75, 3.05) is 11.9 Å². The minimum absolute atomic E-state index is 0.0778. The van der Waals surface area contributed by atoms with Gasteiger partial charge >= 0.3 is 0 Å². The first kappa shape index (κ1) is 21.9. The first-order chi connectivity index (χ1) is 16.7. The molecule has 2 aromatic carbocycles. The predicted octanol–water partition coefficient (Wildman–Crippen LogP) is 5.39. The third-order valence-electron chi connectivity index (χ3n) is 5.52. The maximum atomic E-state index is 6.44. The number of nitrogens with two attached hydrogens (primary N) is 1. The molecule has 5 rings (SSSR count). The molecule has 0 amide bonds. The van der Waals surface area contributed by atoms with Gasteiger partial charge in [-0.25, -0.2) is 9.97 Å². The summed E-state index contributed by atoms with van der Waals surface area (Å²) in [4.78, 5) is 18.5. The third kappa shape index (κ3) is 4.88. The lowest BCUT2D eigenvalue weighted by Gasteiger charge is -2.16. The Balaban J connectivity index is 1.55. The summed E-state index contributed by atoms with van der Waals surface area (Å²) in [6, 6.07) is 23.5. The van der Waals surface area contributed by atoms with Gasteiger partial charge in [-0.3, -0.25) is 9.97 Å². The molecular formula is C27H23ClN6. The van der Waals surface area contributed by atoms with Crippen molar-refractivity contribution in [2.45, 2.75) is 12.5 Å². The second-order valence-electron chi connectivity index (χ2n) is 8.03. The number of anilines is 1. The van der Waals surface area contributed by atoms with Crippen LogP contribution in [-0.2, 0) is 6.42 Å². The third-order valence-corrected chi connectivity index (χ3v) is 5.76. The van der Waals surface area contributed by atoms with Crippen LogP contribution in [0.4, 0.5) is 5.82 Å². The topological polar surface area (TPSA) is 89.6 Å². The summed E-state index contributed by atoms with van der Waals surface area (Å²) in [7, 11) is 0. The number of hydrogen-bond donors (Lipinski definition) is 2. The van der Waals surface area contributed by atoms with E-state index < -0.39 is 0 Å². The van der Waals surface area contributed by atoms with E-state index in [-0.39, 0.29) is 6.04 Å². The summed E-state index contributed by atoms with van der Waals surface area (Å²) in [6.45, 7) is 0.561. The van der Waals surface area contributed by atoms with E-state index in [4.69, 9.17) is 27.3 Å². The molecule has 168 valence electrons. The number of halogens is 1. The Bertz CT molecular complexity index is 1410. The Kier molecular flexibility index (Phi) is 6.42. The van der Waals surface area contributed by atoms with Gasteiger partial charge in [0.25, 0.3) is 0 Å². The van der Waals surface area contributed by atoms with E-state index in [2.05, 4.69) is 27.4 Å². The van der Waals surface area contributed by atoms with Crippen molar-refractivity contribution in [2.24, 2.45) is 5.73 Å². The van der Waals surface area contributed by atoms with E-state index in [1.54, 1.807) is 18.6 Å². The number of fused-ring (bicyclic) bond motifs is 1. The molecule has 3 aromatic heterocycles. The Labute approximate surface area is 202 Å². The maximum Gasteiger partial charge on any atom is 0.162 e. The summed E-state index contributed by atoms with van der Waals surface area (Å²) in [6.07, 6.45) is 5.99. The Morgan fingerprint density at radius 3 is 2.47 bits per heavy atom. The van der Waals surface area contributed by atoms with Crippen LogP contribution in [0.5, 0.6) is 0 Å². The van der Waals surface area contributed by atoms with Crippen molar-refractivity contribution in [3.8, 4) is 22.6 Å². The molecule has 1 atom stereocenters. The maximum absolute atomic E-state index is 6.44. The molecule has 0 aliphatic rings. The van der Waals surface area contributed by atoms with Gasteiger partial charge in [-0.05, 0) is 42.3 Å². The van der Waals surface area contributed by atoms with Gasteiger partial charge in [-0.1, -0.05) is 54.1 Å². The van der Waals surface area contributed by atoms with Crippen LogP contribution in [0.3, 0.4) is 0 Å². The van der Waals surface area contributed by atoms with Crippen molar-refractivity contribution in [1.29, 1.82) is 0 Å². The molecule has 1 unspecified atom stereocenters. The van der Waals surface area contributed by atoms with Crippen molar-refractivity contribution in [3.05, 3.63) is 102 Å². The molecule has 6 nitrogen and oxygen atoms in total. The number of nitrogens with one attached hydrogen (secondary N) is 1. The zero-order valence-electron chi connectivity index (χ0n) is 18.4. The minimum Gasteiger partial charge on any atom is -0.368 e. The SMILES string of the molecule is NC(CNc1nc(-c2ccncc2)nc2c(-c3cccc(Cl)c3)nccc12)Cc1ccccc1. The van der Waals surface area contributed by atoms with Crippen LogP contribution in [0.25, 0.3) is 33.5 Å². The molecule has 0 aliphatic heterocycles. The number of nitrogens with zero attached hydrogens (tertiary/aromatic N) is 4. The van der Waals surface area contributed by atoms with E-state index in [9.17, 15) is 0 Å². The standard InChI is InChI=1S/C27H23ClN6/c28-21-8-4-7-20(16-21)24-25-23(11-14-31-24)27(34-26(33-25)19-9-12-30-13-10-19)32-17-22(29)15-18-5-2-1-3-6-18/h1-14,16,22H,15,17,29H2,(H,32,33,34). The largest absolute Gasteiger partial charge is 0.368 e. The van der Waals surface area contributed by atoms with Gasteiger partial charge < -0.3 is 11.1 Å². The van der Waals surface area contributed by atoms with Crippen LogP contribution in [0, 0.1) is 0 Å². The number of benzene rings is 2. The number of rotatable bonds is 7. The first-order valence-electron chi connectivity index (χ1n) is 11.0. The molecular weight excluding hydrogens is 444 g/mol. The van der Waals surface area contributed by atoms with Gasteiger partial charge in [0.1, 0.15) is 11.3 Å². The predicted molar refractivity (Wildman–Crippen MR) is 138 cm³/mol. The molecule has 34 heavy (non-hydrogen) atoms. The molecule has 0 aliphatic carbocycles. The van der Waals surface area contributed by atoms with Crippen molar-refractivity contribution >= 4 is 28.3 Å². The fourth-order valence-electron chi connectivity index (χ4n) is 3.88. The number of pyridine rings is 2. The summed E-state index contributed by atoms with van der Waals surface area (Å²) in [5.74, 6) is 1.30. The fourth-order valence-corrected chi connectivity index (χ4v) is 4.07. The van der Waals surface area contributed by atoms with E-state index in [1.807, 2.05) is 60.7 Å². The summed E-state index contributed by atoms with van der Waals surface area (Å²) >= 11 is 6.26. The highest BCUT2D eigenvalue weighted by Crippen LogP contribution is 2.31. The monoisotopic (exact) mass is 466 g/mol. The second kappa shape index (κ2) is 9.95. The lowest BCUT2D eigenvalue weighted by Crippen LogP contribution is -2.31. The first-order valence-corrected chi connectivity index (χ1v) is 11.4. The lowest BCUT2D eigenvalue weighted by atomic mass is 10.1. The number of aromatic nitrogens is 4. The van der Waals surface area contributed by atoms with Gasteiger partial charge in [0.2, 0.25) is 0 Å². The van der Waals surface area contributed by atoms with Crippen LogP contribution in [0.15, 0.2) is 91.4 Å². The fraction of sp³-hybridized carbons (Fsp3) is 0.111. The quantitative estimate of drug-likeness (QED) is 0.334. The van der Waals surface area contributed by atoms with Crippen LogP contribution in [-0.4, -0.2) is 32.5 Å². The molecule has 0 saturated heterocycles. The van der Waals surface area contributed by atoms with Gasteiger partial charge in [0.05, 0.1) is 5.69 Å². The zero-order valence-corrected chi connectivity index (χ0v) is 19.2. The van der Waals surface area contributed by atoms with Crippen molar-refractivity contribution in [1.82, 2.24) is 19.9 Å². The van der Waals surface area contributed by atoms with Crippen LogP contribution in [0.2, 0.25) is 5.02 Å². The second-order valence-corrected chi connectivity index (χ2v) is 8.46. The summed E-state index contributed by atoms with van der Waals surface area (Å²) in [5.41, 5.74) is 10.9. The molecule has 0 fully saturated rings. The lowest BCUT2D eigenvalue weighted by molar-refractivity contribution is 0.698. The average Bonchev–Trinajstić information content (AvgIpc) is 2.88. The molecule has 0 radical (unpaired) electrons. The Morgan fingerprint density at radius 2 is 1.68 bits per heavy atom. The van der Waals surface area contributed by atoms with E-state index in [0.29, 0.717) is 23.2 Å². The zero-order chi connectivity index (χ0) is 23.3. The van der Waals surface area contributed by atoms with E-state index in [1.165, 1.54) is 5.56 Å². The normalized spacial score (nSPS) is 11.9. The summed E-state index contributed by atoms with van der Waals surface area (Å²) in [5, 5.41) is 4.98. The van der Waals surface area contributed by atoms with Crippen LogP contribution in [0.1, 0.15) is 5.56 Å². The molecule has 0 spiro atoms. The highest BCUT2D eigenvalue weighted by atomic mass is 35.5. The van der Waals surface area contributed by atoms with Gasteiger partial charge in [0, 0.05) is 52.7 Å². The molecule has 0 bridgehead atoms. The van der Waals surface area contributed by atoms with Crippen molar-refractivity contribution in [3.63, 3.8) is 0 Å². The molecule has 7 heteroatoms. The number of hydrogen-bond acceptors (Lipinski definition) is 6. The minimum atomic E-state index is -0.0778. The smallest absolute Gasteiger partial charge is 0.162 e.